The van der Waals surface area contributed by atoms with Crippen LogP contribution >= 0.6 is 0 Å². The zero-order valence-electron chi connectivity index (χ0n) is 44.2. The summed E-state index contributed by atoms with van der Waals surface area (Å²) in [6, 6.07) is 0. The summed E-state index contributed by atoms with van der Waals surface area (Å²) in [6.07, 6.45) is 47.0. The average molecular weight is 997 g/mol. The van der Waals surface area contributed by atoms with E-state index in [1.165, 1.54) is 19.3 Å². The molecule has 1 rings (SSSR count). The summed E-state index contributed by atoms with van der Waals surface area (Å²) in [5.41, 5.74) is 0. The van der Waals surface area contributed by atoms with Gasteiger partial charge >= 0.3 is 23.9 Å². The number of allylic oxidation sites excluding steroid dienone is 14. The van der Waals surface area contributed by atoms with Crippen LogP contribution in [0.2, 0.25) is 0 Å². The van der Waals surface area contributed by atoms with E-state index in [4.69, 9.17) is 23.7 Å². The molecule has 1 fully saturated rings. The number of ether oxygens (including phenoxy) is 5. The number of rotatable bonds is 45. The van der Waals surface area contributed by atoms with Crippen molar-refractivity contribution < 1.29 is 58.2 Å². The third-order valence-electron chi connectivity index (χ3n) is 11.9. The Hall–Kier alpha value is -4.10. The number of aliphatic hydroxyl groups excluding tert-OH is 2. The zero-order chi connectivity index (χ0) is 51.8. The maximum atomic E-state index is 13.1. The number of carboxylic acid groups (broad SMARTS) is 1. The highest BCUT2D eigenvalue weighted by Gasteiger charge is 2.50. The Morgan fingerprint density at radius 1 is 0.479 bits per heavy atom. The van der Waals surface area contributed by atoms with Crippen LogP contribution in [0.4, 0.5) is 0 Å². The highest BCUT2D eigenvalue weighted by molar-refractivity contribution is 5.74. The van der Waals surface area contributed by atoms with E-state index in [1.54, 1.807) is 0 Å². The average Bonchev–Trinajstić information content (AvgIpc) is 3.35. The summed E-state index contributed by atoms with van der Waals surface area (Å²) in [5.74, 6) is -3.21. The van der Waals surface area contributed by atoms with Gasteiger partial charge in [0.25, 0.3) is 0 Å². The summed E-state index contributed by atoms with van der Waals surface area (Å²) in [5, 5.41) is 31.4. The number of hydrogen-bond donors (Lipinski definition) is 3. The first-order chi connectivity index (χ1) is 34.6. The van der Waals surface area contributed by atoms with Crippen LogP contribution in [0, 0.1) is 0 Å². The Bertz CT molecular complexity index is 1560. The van der Waals surface area contributed by atoms with Gasteiger partial charge < -0.3 is 39.0 Å². The van der Waals surface area contributed by atoms with Gasteiger partial charge in [-0.2, -0.15) is 0 Å². The van der Waals surface area contributed by atoms with Gasteiger partial charge in [0.1, 0.15) is 18.8 Å². The summed E-state index contributed by atoms with van der Waals surface area (Å²) >= 11 is 0. The van der Waals surface area contributed by atoms with E-state index in [2.05, 4.69) is 106 Å². The van der Waals surface area contributed by atoms with Crippen LogP contribution in [-0.2, 0) is 42.9 Å². The molecule has 0 aromatic carbocycles. The minimum absolute atomic E-state index is 0.0366. The molecule has 12 nitrogen and oxygen atoms in total. The number of esters is 3. The van der Waals surface area contributed by atoms with Gasteiger partial charge in [-0.1, -0.05) is 170 Å². The van der Waals surface area contributed by atoms with Crippen molar-refractivity contribution in [3.8, 4) is 0 Å². The maximum absolute atomic E-state index is 13.1. The van der Waals surface area contributed by atoms with Gasteiger partial charge in [-0.15, -0.1) is 0 Å². The Kier molecular flexibility index (Phi) is 42.9. The number of aliphatic hydroxyl groups is 2. The largest absolute Gasteiger partial charge is 0.479 e. The van der Waals surface area contributed by atoms with Crippen molar-refractivity contribution in [1.29, 1.82) is 0 Å². The van der Waals surface area contributed by atoms with Crippen LogP contribution in [0.1, 0.15) is 213 Å². The molecule has 71 heavy (non-hydrogen) atoms. The Labute approximate surface area is 429 Å². The first kappa shape index (κ1) is 64.9. The van der Waals surface area contributed by atoms with Crippen molar-refractivity contribution in [1.82, 2.24) is 0 Å². The van der Waals surface area contributed by atoms with Crippen LogP contribution in [0.25, 0.3) is 0 Å². The highest BCUT2D eigenvalue weighted by atomic mass is 16.7. The van der Waals surface area contributed by atoms with Crippen LogP contribution < -0.4 is 0 Å². The predicted molar refractivity (Wildman–Crippen MR) is 284 cm³/mol. The van der Waals surface area contributed by atoms with Crippen molar-refractivity contribution in [2.45, 2.75) is 250 Å². The second-order valence-corrected chi connectivity index (χ2v) is 18.5. The van der Waals surface area contributed by atoms with Gasteiger partial charge in [-0.3, -0.25) is 14.4 Å². The van der Waals surface area contributed by atoms with Crippen molar-refractivity contribution in [2.75, 3.05) is 13.2 Å². The van der Waals surface area contributed by atoms with E-state index in [0.29, 0.717) is 19.3 Å². The molecule has 6 atom stereocenters. The third kappa shape index (κ3) is 37.3. The van der Waals surface area contributed by atoms with Crippen LogP contribution in [-0.4, -0.2) is 89.2 Å². The van der Waals surface area contributed by atoms with E-state index >= 15 is 0 Å². The van der Waals surface area contributed by atoms with Gasteiger partial charge in [0.15, 0.2) is 24.6 Å². The summed E-state index contributed by atoms with van der Waals surface area (Å²) < 4.78 is 28.3. The molecule has 0 aliphatic carbocycles. The fourth-order valence-corrected chi connectivity index (χ4v) is 7.68. The van der Waals surface area contributed by atoms with E-state index in [9.17, 15) is 34.5 Å². The molecule has 0 spiro atoms. The van der Waals surface area contributed by atoms with E-state index in [-0.39, 0.29) is 25.9 Å². The molecular weight excluding hydrogens is 901 g/mol. The van der Waals surface area contributed by atoms with Crippen LogP contribution in [0.5, 0.6) is 0 Å². The normalized spacial score (nSPS) is 19.1. The Morgan fingerprint density at radius 3 is 1.42 bits per heavy atom. The first-order valence-corrected chi connectivity index (χ1v) is 27.6. The van der Waals surface area contributed by atoms with Crippen molar-refractivity contribution in [3.05, 3.63) is 85.1 Å². The number of aliphatic carboxylic acids is 1. The van der Waals surface area contributed by atoms with E-state index in [1.807, 2.05) is 0 Å². The van der Waals surface area contributed by atoms with Crippen LogP contribution in [0.15, 0.2) is 85.1 Å². The lowest BCUT2D eigenvalue weighted by Crippen LogP contribution is -2.61. The minimum atomic E-state index is -1.92. The van der Waals surface area contributed by atoms with Gasteiger partial charge in [0.2, 0.25) is 0 Å². The fourth-order valence-electron chi connectivity index (χ4n) is 7.68. The van der Waals surface area contributed by atoms with Crippen molar-refractivity contribution in [3.63, 3.8) is 0 Å². The topological polar surface area (TPSA) is 175 Å². The standard InChI is InChI=1S/C59H96O12/c1-4-7-10-13-16-19-22-25-26-29-32-35-38-41-44-47-53(62)70-57-55(64)54(63)56(58(65)66)71-59(57)68-49-50(69-52(61)46-43-40-37-34-31-28-24-21-18-15-12-9-6-3)48-67-51(60)45-42-39-36-33-30-27-23-20-17-14-11-8-5-2/h8,11-12,15-17,19-21,24-27,30,50,54-57,59,63-64H,4-7,9-10,13-14,18,22-23,28-29,31-49H2,1-3H3,(H,65,66)/b11-8-,15-12-,19-16-,20-17-,24-21-,26-25-,30-27-. The number of carbonyl (C=O) groups excluding carboxylic acids is 3. The molecule has 1 aliphatic rings. The molecule has 6 unspecified atom stereocenters. The van der Waals surface area contributed by atoms with Crippen molar-refractivity contribution in [2.24, 2.45) is 0 Å². The second-order valence-electron chi connectivity index (χ2n) is 18.5. The summed E-state index contributed by atoms with van der Waals surface area (Å²) in [7, 11) is 0. The summed E-state index contributed by atoms with van der Waals surface area (Å²) in [6.45, 7) is 5.72. The number of carbonyl (C=O) groups is 4. The predicted octanol–water partition coefficient (Wildman–Crippen LogP) is 13.6. The van der Waals surface area contributed by atoms with E-state index < -0.39 is 67.3 Å². The lowest BCUT2D eigenvalue weighted by molar-refractivity contribution is -0.301. The molecule has 0 saturated carbocycles. The van der Waals surface area contributed by atoms with Gasteiger partial charge in [0.05, 0.1) is 6.61 Å². The molecule has 1 aliphatic heterocycles. The minimum Gasteiger partial charge on any atom is -0.479 e. The smallest absolute Gasteiger partial charge is 0.335 e. The molecule has 1 heterocycles. The molecule has 12 heteroatoms. The summed E-state index contributed by atoms with van der Waals surface area (Å²) in [4.78, 5) is 50.9. The first-order valence-electron chi connectivity index (χ1n) is 27.6. The Morgan fingerprint density at radius 2 is 0.915 bits per heavy atom. The van der Waals surface area contributed by atoms with E-state index in [0.717, 1.165) is 135 Å². The monoisotopic (exact) mass is 997 g/mol. The Balaban J connectivity index is 2.75. The molecule has 1 saturated heterocycles. The number of hydrogen-bond acceptors (Lipinski definition) is 11. The molecule has 0 aromatic heterocycles. The zero-order valence-corrected chi connectivity index (χ0v) is 44.2. The quantitative estimate of drug-likeness (QED) is 0.0228. The molecule has 0 bridgehead atoms. The molecule has 404 valence electrons. The second kappa shape index (κ2) is 46.9. The van der Waals surface area contributed by atoms with Crippen molar-refractivity contribution >= 4 is 23.9 Å². The van der Waals surface area contributed by atoms with Gasteiger partial charge in [-0.25, -0.2) is 4.79 Å². The third-order valence-corrected chi connectivity index (χ3v) is 11.9. The van der Waals surface area contributed by atoms with Gasteiger partial charge in [-0.05, 0) is 109 Å². The van der Waals surface area contributed by atoms with Crippen LogP contribution in [0.3, 0.4) is 0 Å². The lowest BCUT2D eigenvalue weighted by atomic mass is 9.98. The number of unbranched alkanes of at least 4 members (excludes halogenated alkanes) is 17. The fraction of sp³-hybridized carbons (Fsp3) is 0.695. The lowest BCUT2D eigenvalue weighted by Gasteiger charge is -2.40. The molecule has 0 radical (unpaired) electrons. The van der Waals surface area contributed by atoms with Gasteiger partial charge in [0, 0.05) is 19.3 Å². The molecule has 0 aromatic rings. The maximum Gasteiger partial charge on any atom is 0.335 e. The number of carboxylic acids is 1. The molecular formula is C59H96O12. The highest BCUT2D eigenvalue weighted by Crippen LogP contribution is 2.26. The molecule has 0 amide bonds. The SMILES string of the molecule is CC/C=C\C/C=C\C/C=C\CCCCCC(=O)OCC(COC1OC(C(=O)O)C(O)C(O)C1OC(=O)CCCCCCC/C=C\C/C=C\CCCCC)OC(=O)CCCCCCC/C=C\C/C=C\CCC. The molecule has 3 N–H and O–H groups in total.